The smallest absolute Gasteiger partial charge is 0.252 e. The maximum atomic E-state index is 12.8. The van der Waals surface area contributed by atoms with Crippen LogP contribution in [-0.2, 0) is 16.1 Å². The van der Waals surface area contributed by atoms with Crippen molar-refractivity contribution in [1.82, 2.24) is 4.90 Å². The van der Waals surface area contributed by atoms with Crippen molar-refractivity contribution in [2.75, 3.05) is 18.4 Å². The van der Waals surface area contributed by atoms with E-state index in [2.05, 4.69) is 23.2 Å². The van der Waals surface area contributed by atoms with Crippen LogP contribution in [0.5, 0.6) is 0 Å². The first-order valence-electron chi connectivity index (χ1n) is 10.2. The first kappa shape index (κ1) is 19.4. The number of amides is 2. The SMILES string of the molecule is C[C@@H]1C(C(=O)Nc2ccc(CN3CCC[C@@H](C(N)=O)C3)cc2)=Cc2ccccc21. The molecule has 0 bridgehead atoms. The number of hydrogen-bond donors (Lipinski definition) is 2. The van der Waals surface area contributed by atoms with Gasteiger partial charge in [-0.15, -0.1) is 0 Å². The minimum atomic E-state index is -0.203. The summed E-state index contributed by atoms with van der Waals surface area (Å²) in [7, 11) is 0. The zero-order chi connectivity index (χ0) is 20.4. The third-order valence-corrected chi connectivity index (χ3v) is 6.03. The van der Waals surface area contributed by atoms with Crippen LogP contribution in [0.3, 0.4) is 0 Å². The highest BCUT2D eigenvalue weighted by Crippen LogP contribution is 2.36. The number of piperidine rings is 1. The zero-order valence-corrected chi connectivity index (χ0v) is 16.7. The molecule has 1 fully saturated rings. The van der Waals surface area contributed by atoms with Gasteiger partial charge in [-0.05, 0) is 54.3 Å². The van der Waals surface area contributed by atoms with E-state index >= 15 is 0 Å². The van der Waals surface area contributed by atoms with Crippen molar-refractivity contribution >= 4 is 23.6 Å². The van der Waals surface area contributed by atoms with E-state index in [-0.39, 0.29) is 23.7 Å². The molecule has 0 aromatic heterocycles. The van der Waals surface area contributed by atoms with Gasteiger partial charge in [-0.2, -0.15) is 0 Å². The predicted molar refractivity (Wildman–Crippen MR) is 115 cm³/mol. The van der Waals surface area contributed by atoms with Crippen molar-refractivity contribution in [3.63, 3.8) is 0 Å². The molecule has 0 spiro atoms. The molecule has 1 aliphatic carbocycles. The number of hydrogen-bond acceptors (Lipinski definition) is 3. The molecule has 5 heteroatoms. The summed E-state index contributed by atoms with van der Waals surface area (Å²) in [6.45, 7) is 4.56. The number of carbonyl (C=O) groups excluding carboxylic acids is 2. The average molecular weight is 389 g/mol. The van der Waals surface area contributed by atoms with Gasteiger partial charge in [0.1, 0.15) is 0 Å². The Hall–Kier alpha value is -2.92. The Kier molecular flexibility index (Phi) is 5.49. The lowest BCUT2D eigenvalue weighted by Crippen LogP contribution is -2.40. The third kappa shape index (κ3) is 4.25. The van der Waals surface area contributed by atoms with Gasteiger partial charge >= 0.3 is 0 Å². The van der Waals surface area contributed by atoms with Gasteiger partial charge in [0.15, 0.2) is 0 Å². The second-order valence-electron chi connectivity index (χ2n) is 8.08. The molecular weight excluding hydrogens is 362 g/mol. The molecular formula is C24H27N3O2. The van der Waals surface area contributed by atoms with Crippen LogP contribution in [0.4, 0.5) is 5.69 Å². The van der Waals surface area contributed by atoms with Crippen molar-refractivity contribution in [2.24, 2.45) is 11.7 Å². The van der Waals surface area contributed by atoms with Crippen LogP contribution in [0.1, 0.15) is 42.4 Å². The fraction of sp³-hybridized carbons (Fsp3) is 0.333. The Labute approximate surface area is 171 Å². The van der Waals surface area contributed by atoms with Crippen LogP contribution in [-0.4, -0.2) is 29.8 Å². The first-order valence-corrected chi connectivity index (χ1v) is 10.2. The van der Waals surface area contributed by atoms with E-state index in [9.17, 15) is 9.59 Å². The van der Waals surface area contributed by atoms with E-state index in [4.69, 9.17) is 5.73 Å². The minimum Gasteiger partial charge on any atom is -0.369 e. The second kappa shape index (κ2) is 8.21. The fourth-order valence-corrected chi connectivity index (χ4v) is 4.35. The molecule has 5 nitrogen and oxygen atoms in total. The van der Waals surface area contributed by atoms with Gasteiger partial charge in [-0.3, -0.25) is 14.5 Å². The van der Waals surface area contributed by atoms with E-state index in [1.807, 2.05) is 48.5 Å². The van der Waals surface area contributed by atoms with Gasteiger partial charge in [0.2, 0.25) is 5.91 Å². The third-order valence-electron chi connectivity index (χ3n) is 6.03. The van der Waals surface area contributed by atoms with Gasteiger partial charge in [0, 0.05) is 30.3 Å². The summed E-state index contributed by atoms with van der Waals surface area (Å²) in [5, 5.41) is 3.02. The van der Waals surface area contributed by atoms with Gasteiger partial charge in [-0.1, -0.05) is 43.3 Å². The normalized spacial score (nSPS) is 21.3. The van der Waals surface area contributed by atoms with Crippen molar-refractivity contribution < 1.29 is 9.59 Å². The number of likely N-dealkylation sites (tertiary alicyclic amines) is 1. The van der Waals surface area contributed by atoms with E-state index in [1.54, 1.807) is 0 Å². The van der Waals surface area contributed by atoms with Crippen molar-refractivity contribution in [3.05, 3.63) is 70.8 Å². The molecule has 1 aliphatic heterocycles. The summed E-state index contributed by atoms with van der Waals surface area (Å²) in [6, 6.07) is 16.1. The number of rotatable bonds is 5. The molecule has 0 unspecified atom stereocenters. The molecule has 2 aromatic carbocycles. The highest BCUT2D eigenvalue weighted by atomic mass is 16.2. The number of nitrogens with zero attached hydrogens (tertiary/aromatic N) is 1. The van der Waals surface area contributed by atoms with Gasteiger partial charge in [-0.25, -0.2) is 0 Å². The van der Waals surface area contributed by atoms with Gasteiger partial charge in [0.05, 0.1) is 5.92 Å². The molecule has 1 heterocycles. The monoisotopic (exact) mass is 389 g/mol. The number of benzene rings is 2. The Morgan fingerprint density at radius 3 is 2.62 bits per heavy atom. The van der Waals surface area contributed by atoms with E-state index < -0.39 is 0 Å². The van der Waals surface area contributed by atoms with Crippen LogP contribution in [0.2, 0.25) is 0 Å². The lowest BCUT2D eigenvalue weighted by molar-refractivity contribution is -0.123. The van der Waals surface area contributed by atoms with Crippen LogP contribution in [0.25, 0.3) is 6.08 Å². The fourth-order valence-electron chi connectivity index (χ4n) is 4.35. The zero-order valence-electron chi connectivity index (χ0n) is 16.7. The number of primary amides is 1. The van der Waals surface area contributed by atoms with Crippen molar-refractivity contribution in [1.29, 1.82) is 0 Å². The lowest BCUT2D eigenvalue weighted by Gasteiger charge is -2.31. The van der Waals surface area contributed by atoms with Gasteiger partial charge < -0.3 is 11.1 Å². The summed E-state index contributed by atoms with van der Waals surface area (Å²) in [4.78, 5) is 26.5. The molecule has 2 amide bonds. The Morgan fingerprint density at radius 1 is 1.14 bits per heavy atom. The Bertz CT molecular complexity index is 949. The summed E-state index contributed by atoms with van der Waals surface area (Å²) in [5.74, 6) is -0.206. The van der Waals surface area contributed by atoms with E-state index in [0.29, 0.717) is 0 Å². The maximum absolute atomic E-state index is 12.8. The van der Waals surface area contributed by atoms with Crippen LogP contribution in [0, 0.1) is 5.92 Å². The molecule has 3 N–H and O–H groups in total. The predicted octanol–water partition coefficient (Wildman–Crippen LogP) is 3.52. The summed E-state index contributed by atoms with van der Waals surface area (Å²) >= 11 is 0. The number of nitrogens with one attached hydrogen (secondary N) is 1. The van der Waals surface area contributed by atoms with Crippen LogP contribution in [0.15, 0.2) is 54.1 Å². The Morgan fingerprint density at radius 2 is 1.90 bits per heavy atom. The Balaban J connectivity index is 1.36. The van der Waals surface area contributed by atoms with Crippen molar-refractivity contribution in [3.8, 4) is 0 Å². The number of carbonyl (C=O) groups is 2. The highest BCUT2D eigenvalue weighted by molar-refractivity contribution is 6.09. The van der Waals surface area contributed by atoms with E-state index in [0.717, 1.165) is 54.9 Å². The molecule has 2 aliphatic rings. The molecule has 29 heavy (non-hydrogen) atoms. The second-order valence-corrected chi connectivity index (χ2v) is 8.08. The maximum Gasteiger partial charge on any atom is 0.252 e. The standard InChI is InChI=1S/C24H27N3O2/c1-16-21-7-3-2-5-18(21)13-22(16)24(29)26-20-10-8-17(9-11-20)14-27-12-4-6-19(15-27)23(25)28/h2-3,5,7-11,13,16,19H,4,6,12,14-15H2,1H3,(H2,25,28)(H,26,29)/t16-,19+/m0/s1. The largest absolute Gasteiger partial charge is 0.369 e. The molecule has 2 atom stereocenters. The molecule has 0 saturated carbocycles. The number of fused-ring (bicyclic) bond motifs is 1. The molecule has 1 saturated heterocycles. The number of anilines is 1. The summed E-state index contributed by atoms with van der Waals surface area (Å²) in [6.07, 6.45) is 3.86. The van der Waals surface area contributed by atoms with Gasteiger partial charge in [0.25, 0.3) is 5.91 Å². The summed E-state index contributed by atoms with van der Waals surface area (Å²) < 4.78 is 0. The molecule has 4 rings (SSSR count). The average Bonchev–Trinajstić information content (AvgIpc) is 3.07. The molecule has 2 aromatic rings. The molecule has 0 radical (unpaired) electrons. The quantitative estimate of drug-likeness (QED) is 0.821. The van der Waals surface area contributed by atoms with Crippen LogP contribution >= 0.6 is 0 Å². The first-order chi connectivity index (χ1) is 14.0. The molecule has 150 valence electrons. The van der Waals surface area contributed by atoms with E-state index in [1.165, 1.54) is 5.56 Å². The highest BCUT2D eigenvalue weighted by Gasteiger charge is 2.26. The lowest BCUT2D eigenvalue weighted by atomic mass is 9.97. The minimum absolute atomic E-state index is 0.0480. The van der Waals surface area contributed by atoms with Crippen LogP contribution < -0.4 is 11.1 Å². The number of nitrogens with two attached hydrogens (primary N) is 1. The van der Waals surface area contributed by atoms with Crippen molar-refractivity contribution in [2.45, 2.75) is 32.2 Å². The summed E-state index contributed by atoms with van der Waals surface area (Å²) in [5.41, 5.74) is 10.5. The topological polar surface area (TPSA) is 75.4 Å².